The third-order valence-electron chi connectivity index (χ3n) is 3.12. The second-order valence-corrected chi connectivity index (χ2v) is 5.17. The third kappa shape index (κ3) is 5.88. The van der Waals surface area contributed by atoms with Crippen molar-refractivity contribution in [2.45, 2.75) is 52.1 Å². The molecule has 0 bridgehead atoms. The van der Waals surface area contributed by atoms with Gasteiger partial charge in [-0.25, -0.2) is 0 Å². The average molecular weight is 263 g/mol. The fraction of sp³-hybridized carbons (Fsp3) is 0.562. The van der Waals surface area contributed by atoms with E-state index in [0.717, 1.165) is 12.8 Å². The molecule has 3 heteroatoms. The molecule has 0 aliphatic heterocycles. The molecule has 0 fully saturated rings. The summed E-state index contributed by atoms with van der Waals surface area (Å²) in [6.45, 7) is 6.32. The van der Waals surface area contributed by atoms with Crippen LogP contribution in [0.25, 0.3) is 0 Å². The number of carbonyl (C=O) groups excluding carboxylic acids is 1. The Balaban J connectivity index is 2.66. The Morgan fingerprint density at radius 1 is 1.21 bits per heavy atom. The predicted octanol–water partition coefficient (Wildman–Crippen LogP) is 2.72. The Hall–Kier alpha value is -1.35. The van der Waals surface area contributed by atoms with Crippen molar-refractivity contribution in [2.75, 3.05) is 7.11 Å². The maximum atomic E-state index is 11.4. The van der Waals surface area contributed by atoms with Gasteiger partial charge in [0.1, 0.15) is 0 Å². The monoisotopic (exact) mass is 263 g/mol. The highest BCUT2D eigenvalue weighted by molar-refractivity contribution is 5.70. The van der Waals surface area contributed by atoms with E-state index in [0.29, 0.717) is 12.5 Å². The second-order valence-electron chi connectivity index (χ2n) is 5.17. The number of ether oxygens (including phenoxy) is 1. The Kier molecular flexibility index (Phi) is 6.57. The number of methoxy groups -OCH3 is 1. The van der Waals surface area contributed by atoms with Crippen molar-refractivity contribution in [2.24, 2.45) is 0 Å². The van der Waals surface area contributed by atoms with E-state index in [4.69, 9.17) is 4.74 Å². The minimum atomic E-state index is -0.164. The molecule has 0 saturated heterocycles. The second kappa shape index (κ2) is 7.95. The van der Waals surface area contributed by atoms with Crippen LogP contribution in [0, 0.1) is 0 Å². The van der Waals surface area contributed by atoms with E-state index in [1.807, 2.05) is 0 Å². The lowest BCUT2D eigenvalue weighted by atomic mass is 10.0. The maximum Gasteiger partial charge on any atom is 0.307 e. The normalized spacial score (nSPS) is 12.5. The summed E-state index contributed by atoms with van der Waals surface area (Å²) in [4.78, 5) is 11.4. The lowest BCUT2D eigenvalue weighted by Crippen LogP contribution is -2.38. The Bertz CT molecular complexity index is 384. The van der Waals surface area contributed by atoms with Crippen LogP contribution in [0.2, 0.25) is 0 Å². The van der Waals surface area contributed by atoms with E-state index >= 15 is 0 Å². The zero-order valence-electron chi connectivity index (χ0n) is 12.4. The van der Waals surface area contributed by atoms with E-state index in [2.05, 4.69) is 50.4 Å². The molecule has 0 radical (unpaired) electrons. The van der Waals surface area contributed by atoms with Crippen molar-refractivity contribution in [3.8, 4) is 0 Å². The fourth-order valence-electron chi connectivity index (χ4n) is 2.14. The van der Waals surface area contributed by atoms with Gasteiger partial charge in [-0.3, -0.25) is 4.79 Å². The van der Waals surface area contributed by atoms with Crippen molar-refractivity contribution in [1.82, 2.24) is 5.32 Å². The summed E-state index contributed by atoms with van der Waals surface area (Å²) < 4.78 is 4.76. The molecular weight excluding hydrogens is 238 g/mol. The molecule has 19 heavy (non-hydrogen) atoms. The zero-order valence-corrected chi connectivity index (χ0v) is 12.4. The molecule has 0 spiro atoms. The first-order valence-electron chi connectivity index (χ1n) is 6.95. The Morgan fingerprint density at radius 2 is 1.79 bits per heavy atom. The summed E-state index contributed by atoms with van der Waals surface area (Å²) in [7, 11) is 1.44. The van der Waals surface area contributed by atoms with Crippen molar-refractivity contribution in [1.29, 1.82) is 0 Å². The highest BCUT2D eigenvalue weighted by Gasteiger charge is 2.15. The molecule has 3 nitrogen and oxygen atoms in total. The van der Waals surface area contributed by atoms with Crippen LogP contribution in [0.15, 0.2) is 24.3 Å². The fourth-order valence-corrected chi connectivity index (χ4v) is 2.14. The number of aryl methyl sites for hydroxylation is 1. The van der Waals surface area contributed by atoms with E-state index in [-0.39, 0.29) is 12.0 Å². The quantitative estimate of drug-likeness (QED) is 0.769. The van der Waals surface area contributed by atoms with Crippen molar-refractivity contribution >= 4 is 5.97 Å². The van der Waals surface area contributed by atoms with Crippen LogP contribution in [-0.2, 0) is 22.4 Å². The molecule has 1 unspecified atom stereocenters. The number of hydrogen-bond donors (Lipinski definition) is 1. The first kappa shape index (κ1) is 15.7. The van der Waals surface area contributed by atoms with Gasteiger partial charge in [0.05, 0.1) is 13.5 Å². The van der Waals surface area contributed by atoms with Crippen molar-refractivity contribution in [3.05, 3.63) is 35.4 Å². The molecule has 0 aliphatic rings. The maximum absolute atomic E-state index is 11.4. The number of nitrogens with one attached hydrogen (secondary N) is 1. The molecule has 1 N–H and O–H groups in total. The molecule has 1 aromatic carbocycles. The number of carbonyl (C=O) groups is 1. The standard InChI is InChI=1S/C16H25NO2/c1-5-13-6-8-14(9-7-13)10-15(17-12(2)3)11-16(18)19-4/h6-9,12,15,17H,5,10-11H2,1-4H3. The number of rotatable bonds is 7. The van der Waals surface area contributed by atoms with Crippen LogP contribution in [0.1, 0.15) is 38.3 Å². The molecule has 0 aromatic heterocycles. The smallest absolute Gasteiger partial charge is 0.307 e. The van der Waals surface area contributed by atoms with Crippen LogP contribution in [0.5, 0.6) is 0 Å². The van der Waals surface area contributed by atoms with E-state index in [1.54, 1.807) is 0 Å². The average Bonchev–Trinajstić information content (AvgIpc) is 2.38. The zero-order chi connectivity index (χ0) is 14.3. The van der Waals surface area contributed by atoms with Crippen molar-refractivity contribution < 1.29 is 9.53 Å². The highest BCUT2D eigenvalue weighted by atomic mass is 16.5. The van der Waals surface area contributed by atoms with Crippen LogP contribution < -0.4 is 5.32 Å². The van der Waals surface area contributed by atoms with Gasteiger partial charge in [0, 0.05) is 12.1 Å². The summed E-state index contributed by atoms with van der Waals surface area (Å²) in [6.07, 6.45) is 2.30. The predicted molar refractivity (Wildman–Crippen MR) is 78.2 cm³/mol. The van der Waals surface area contributed by atoms with Gasteiger partial charge >= 0.3 is 5.97 Å². The Labute approximate surface area is 116 Å². The van der Waals surface area contributed by atoms with Gasteiger partial charge in [-0.1, -0.05) is 45.0 Å². The summed E-state index contributed by atoms with van der Waals surface area (Å²) in [5, 5.41) is 3.42. The lowest BCUT2D eigenvalue weighted by molar-refractivity contribution is -0.141. The summed E-state index contributed by atoms with van der Waals surface area (Å²) in [6, 6.07) is 9.07. The van der Waals surface area contributed by atoms with E-state index < -0.39 is 0 Å². The molecule has 0 aliphatic carbocycles. The highest BCUT2D eigenvalue weighted by Crippen LogP contribution is 2.10. The summed E-state index contributed by atoms with van der Waals surface area (Å²) in [5.74, 6) is -0.164. The van der Waals surface area contributed by atoms with E-state index in [1.165, 1.54) is 18.2 Å². The molecule has 1 rings (SSSR count). The van der Waals surface area contributed by atoms with Gasteiger partial charge < -0.3 is 10.1 Å². The molecule has 0 amide bonds. The molecular formula is C16H25NO2. The van der Waals surface area contributed by atoms with Crippen LogP contribution in [0.4, 0.5) is 0 Å². The largest absolute Gasteiger partial charge is 0.469 e. The van der Waals surface area contributed by atoms with Gasteiger partial charge in [-0.2, -0.15) is 0 Å². The first-order chi connectivity index (χ1) is 9.05. The molecule has 0 heterocycles. The first-order valence-corrected chi connectivity index (χ1v) is 6.95. The number of benzene rings is 1. The molecule has 1 aromatic rings. The third-order valence-corrected chi connectivity index (χ3v) is 3.12. The van der Waals surface area contributed by atoms with Gasteiger partial charge in [0.25, 0.3) is 0 Å². The van der Waals surface area contributed by atoms with Crippen LogP contribution in [-0.4, -0.2) is 25.2 Å². The summed E-state index contributed by atoms with van der Waals surface area (Å²) in [5.41, 5.74) is 2.59. The van der Waals surface area contributed by atoms with Crippen LogP contribution in [0.3, 0.4) is 0 Å². The molecule has 0 saturated carbocycles. The minimum absolute atomic E-state index is 0.125. The molecule has 1 atom stereocenters. The van der Waals surface area contributed by atoms with Crippen LogP contribution >= 0.6 is 0 Å². The molecule has 106 valence electrons. The Morgan fingerprint density at radius 3 is 2.26 bits per heavy atom. The number of hydrogen-bond acceptors (Lipinski definition) is 3. The minimum Gasteiger partial charge on any atom is -0.469 e. The SMILES string of the molecule is CCc1ccc(CC(CC(=O)OC)NC(C)C)cc1. The lowest BCUT2D eigenvalue weighted by Gasteiger charge is -2.20. The summed E-state index contributed by atoms with van der Waals surface area (Å²) >= 11 is 0. The van der Waals surface area contributed by atoms with E-state index in [9.17, 15) is 4.79 Å². The topological polar surface area (TPSA) is 38.3 Å². The number of esters is 1. The van der Waals surface area contributed by atoms with Gasteiger partial charge in [-0.05, 0) is 24.0 Å². The van der Waals surface area contributed by atoms with Gasteiger partial charge in [0.15, 0.2) is 0 Å². The van der Waals surface area contributed by atoms with Gasteiger partial charge in [-0.15, -0.1) is 0 Å². The van der Waals surface area contributed by atoms with Gasteiger partial charge in [0.2, 0.25) is 0 Å². The van der Waals surface area contributed by atoms with Crippen molar-refractivity contribution in [3.63, 3.8) is 0 Å².